The van der Waals surface area contributed by atoms with Gasteiger partial charge in [-0.05, 0) is 32.4 Å². The molecule has 1 aliphatic heterocycles. The van der Waals surface area contributed by atoms with Gasteiger partial charge in [0.25, 0.3) is 0 Å². The van der Waals surface area contributed by atoms with E-state index in [4.69, 9.17) is 16.3 Å². The SMILES string of the molecule is CCN=C1SC(CC(=O)Nc2cc(C)c(Cl)cc2OC)C(=O)N1CC. The first-order valence-electron chi connectivity index (χ1n) is 8.07. The lowest BCUT2D eigenvalue weighted by molar-refractivity contribution is -0.128. The van der Waals surface area contributed by atoms with E-state index in [0.29, 0.717) is 34.7 Å². The number of ether oxygens (including phenoxy) is 1. The van der Waals surface area contributed by atoms with Crippen molar-refractivity contribution < 1.29 is 14.3 Å². The molecule has 0 spiro atoms. The number of aryl methyl sites for hydroxylation is 1. The fourth-order valence-electron chi connectivity index (χ4n) is 2.49. The predicted molar refractivity (Wildman–Crippen MR) is 103 cm³/mol. The summed E-state index contributed by atoms with van der Waals surface area (Å²) < 4.78 is 5.26. The first-order valence-corrected chi connectivity index (χ1v) is 9.33. The molecule has 2 rings (SSSR count). The van der Waals surface area contributed by atoms with Gasteiger partial charge < -0.3 is 10.1 Å². The van der Waals surface area contributed by atoms with Crippen LogP contribution < -0.4 is 10.1 Å². The van der Waals surface area contributed by atoms with Crippen molar-refractivity contribution in [2.45, 2.75) is 32.4 Å². The Labute approximate surface area is 157 Å². The zero-order valence-corrected chi connectivity index (χ0v) is 16.3. The second kappa shape index (κ2) is 8.58. The van der Waals surface area contributed by atoms with E-state index in [2.05, 4.69) is 10.3 Å². The van der Waals surface area contributed by atoms with Crippen LogP contribution in [0, 0.1) is 6.92 Å². The normalized spacial score (nSPS) is 18.8. The molecular weight excluding hydrogens is 362 g/mol. The summed E-state index contributed by atoms with van der Waals surface area (Å²) in [5.41, 5.74) is 1.37. The maximum Gasteiger partial charge on any atom is 0.242 e. The van der Waals surface area contributed by atoms with Gasteiger partial charge in [-0.2, -0.15) is 0 Å². The first-order chi connectivity index (χ1) is 11.9. The van der Waals surface area contributed by atoms with Crippen molar-refractivity contribution in [2.24, 2.45) is 4.99 Å². The third-order valence-electron chi connectivity index (χ3n) is 3.76. The maximum atomic E-state index is 12.4. The number of carbonyl (C=O) groups is 2. The summed E-state index contributed by atoms with van der Waals surface area (Å²) in [6.45, 7) is 6.81. The Bertz CT molecular complexity index is 709. The van der Waals surface area contributed by atoms with Gasteiger partial charge in [0.05, 0.1) is 12.8 Å². The van der Waals surface area contributed by atoms with Crippen molar-refractivity contribution in [3.8, 4) is 5.75 Å². The van der Waals surface area contributed by atoms with Gasteiger partial charge in [-0.15, -0.1) is 0 Å². The molecule has 8 heteroatoms. The number of amides is 2. The summed E-state index contributed by atoms with van der Waals surface area (Å²) in [5.74, 6) is 0.159. The van der Waals surface area contributed by atoms with E-state index in [0.717, 1.165) is 5.56 Å². The number of anilines is 1. The number of rotatable bonds is 6. The lowest BCUT2D eigenvalue weighted by atomic mass is 10.2. The van der Waals surface area contributed by atoms with Gasteiger partial charge in [-0.3, -0.25) is 19.5 Å². The highest BCUT2D eigenvalue weighted by Gasteiger charge is 2.38. The Kier molecular flexibility index (Phi) is 6.72. The van der Waals surface area contributed by atoms with Crippen LogP contribution in [-0.2, 0) is 9.59 Å². The van der Waals surface area contributed by atoms with E-state index in [1.165, 1.54) is 18.9 Å². The molecule has 2 amide bonds. The van der Waals surface area contributed by atoms with Crippen LogP contribution in [0.15, 0.2) is 17.1 Å². The lowest BCUT2D eigenvalue weighted by Crippen LogP contribution is -2.33. The summed E-state index contributed by atoms with van der Waals surface area (Å²) in [5, 5.41) is 3.61. The fraction of sp³-hybridized carbons (Fsp3) is 0.471. The average molecular weight is 384 g/mol. The molecule has 1 unspecified atom stereocenters. The van der Waals surface area contributed by atoms with E-state index < -0.39 is 5.25 Å². The second-order valence-electron chi connectivity index (χ2n) is 5.50. The summed E-state index contributed by atoms with van der Waals surface area (Å²) in [7, 11) is 1.51. The number of halogens is 1. The number of methoxy groups -OCH3 is 1. The molecule has 1 atom stereocenters. The zero-order chi connectivity index (χ0) is 18.6. The number of benzene rings is 1. The van der Waals surface area contributed by atoms with E-state index in [9.17, 15) is 9.59 Å². The minimum absolute atomic E-state index is 0.0749. The molecule has 1 N–H and O–H groups in total. The summed E-state index contributed by atoms with van der Waals surface area (Å²) in [6, 6.07) is 3.41. The van der Waals surface area contributed by atoms with Gasteiger partial charge in [-0.25, -0.2) is 0 Å². The quantitative estimate of drug-likeness (QED) is 0.817. The molecule has 25 heavy (non-hydrogen) atoms. The van der Waals surface area contributed by atoms with Crippen molar-refractivity contribution in [2.75, 3.05) is 25.5 Å². The van der Waals surface area contributed by atoms with Crippen LogP contribution in [0.25, 0.3) is 0 Å². The molecule has 0 aliphatic carbocycles. The molecule has 0 bridgehead atoms. The number of hydrogen-bond donors (Lipinski definition) is 1. The summed E-state index contributed by atoms with van der Waals surface area (Å²) in [6.07, 6.45) is 0.0769. The third kappa shape index (κ3) is 4.46. The van der Waals surface area contributed by atoms with E-state index in [-0.39, 0.29) is 18.2 Å². The Morgan fingerprint density at radius 1 is 1.44 bits per heavy atom. The molecule has 0 aromatic heterocycles. The second-order valence-corrected chi connectivity index (χ2v) is 7.08. The standard InChI is InChI=1S/C17H22ClN3O3S/c1-5-19-17-21(6-2)16(23)14(25-17)9-15(22)20-12-7-10(3)11(18)8-13(12)24-4/h7-8,14H,5-6,9H2,1-4H3,(H,20,22). The number of hydrogen-bond acceptors (Lipinski definition) is 5. The highest BCUT2D eigenvalue weighted by molar-refractivity contribution is 8.15. The number of aliphatic imine (C=N–C) groups is 1. The number of amidine groups is 1. The molecule has 1 saturated heterocycles. The van der Waals surface area contributed by atoms with Crippen molar-refractivity contribution in [1.82, 2.24) is 4.90 Å². The van der Waals surface area contributed by atoms with Crippen molar-refractivity contribution in [1.29, 1.82) is 0 Å². The van der Waals surface area contributed by atoms with E-state index in [1.807, 2.05) is 20.8 Å². The largest absolute Gasteiger partial charge is 0.495 e. The van der Waals surface area contributed by atoms with Crippen LogP contribution in [0.2, 0.25) is 5.02 Å². The van der Waals surface area contributed by atoms with Crippen molar-refractivity contribution in [3.63, 3.8) is 0 Å². The van der Waals surface area contributed by atoms with Crippen molar-refractivity contribution >= 4 is 46.0 Å². The van der Waals surface area contributed by atoms with Crippen LogP contribution >= 0.6 is 23.4 Å². The van der Waals surface area contributed by atoms with Crippen molar-refractivity contribution in [3.05, 3.63) is 22.7 Å². The monoisotopic (exact) mass is 383 g/mol. The first kappa shape index (κ1) is 19.6. The van der Waals surface area contributed by atoms with Crippen LogP contribution in [0.1, 0.15) is 25.8 Å². The molecule has 6 nitrogen and oxygen atoms in total. The number of nitrogens with one attached hydrogen (secondary N) is 1. The molecule has 1 aromatic rings. The molecule has 1 heterocycles. The van der Waals surface area contributed by atoms with Crippen LogP contribution in [0.4, 0.5) is 5.69 Å². The summed E-state index contributed by atoms with van der Waals surface area (Å²) >= 11 is 7.42. The number of nitrogens with zero attached hydrogens (tertiary/aromatic N) is 2. The van der Waals surface area contributed by atoms with Gasteiger partial charge in [0, 0.05) is 30.6 Å². The van der Waals surface area contributed by atoms with Gasteiger partial charge in [0.1, 0.15) is 11.0 Å². The fourth-order valence-corrected chi connectivity index (χ4v) is 3.91. The summed E-state index contributed by atoms with van der Waals surface area (Å²) in [4.78, 5) is 30.8. The topological polar surface area (TPSA) is 71.0 Å². The smallest absolute Gasteiger partial charge is 0.242 e. The highest BCUT2D eigenvalue weighted by atomic mass is 35.5. The van der Waals surface area contributed by atoms with Crippen LogP contribution in [0.5, 0.6) is 5.75 Å². The zero-order valence-electron chi connectivity index (χ0n) is 14.8. The third-order valence-corrected chi connectivity index (χ3v) is 5.38. The van der Waals surface area contributed by atoms with E-state index in [1.54, 1.807) is 17.0 Å². The van der Waals surface area contributed by atoms with E-state index >= 15 is 0 Å². The molecule has 0 radical (unpaired) electrons. The molecule has 136 valence electrons. The average Bonchev–Trinajstić information content (AvgIpc) is 2.86. The highest BCUT2D eigenvalue weighted by Crippen LogP contribution is 2.33. The number of thioether (sulfide) groups is 1. The predicted octanol–water partition coefficient (Wildman–Crippen LogP) is 3.33. The van der Waals surface area contributed by atoms with Gasteiger partial charge >= 0.3 is 0 Å². The molecule has 1 aliphatic rings. The lowest BCUT2D eigenvalue weighted by Gasteiger charge is -2.14. The Hall–Kier alpha value is -1.73. The van der Waals surface area contributed by atoms with Gasteiger partial charge in [-0.1, -0.05) is 23.4 Å². The van der Waals surface area contributed by atoms with Gasteiger partial charge in [0.15, 0.2) is 5.17 Å². The van der Waals surface area contributed by atoms with Crippen LogP contribution in [-0.4, -0.2) is 47.3 Å². The Morgan fingerprint density at radius 2 is 2.16 bits per heavy atom. The molecule has 1 aromatic carbocycles. The maximum absolute atomic E-state index is 12.4. The van der Waals surface area contributed by atoms with Gasteiger partial charge in [0.2, 0.25) is 11.8 Å². The van der Waals surface area contributed by atoms with Crippen LogP contribution in [0.3, 0.4) is 0 Å². The minimum atomic E-state index is -0.454. The minimum Gasteiger partial charge on any atom is -0.495 e. The Balaban J connectivity index is 2.10. The number of carbonyl (C=O) groups excluding carboxylic acids is 2. The molecule has 0 saturated carbocycles. The Morgan fingerprint density at radius 3 is 2.76 bits per heavy atom. The molecular formula is C17H22ClN3O3S. The molecule has 1 fully saturated rings.